The van der Waals surface area contributed by atoms with Crippen LogP contribution in [0.1, 0.15) is 19.8 Å². The summed E-state index contributed by atoms with van der Waals surface area (Å²) in [5, 5.41) is 9.68. The summed E-state index contributed by atoms with van der Waals surface area (Å²) in [7, 11) is 0. The average Bonchev–Trinajstić information content (AvgIpc) is 2.44. The second-order valence-electron chi connectivity index (χ2n) is 3.81. The van der Waals surface area contributed by atoms with Gasteiger partial charge >= 0.3 is 0 Å². The zero-order chi connectivity index (χ0) is 11.4. The minimum atomic E-state index is -0.378. The Labute approximate surface area is 88.6 Å². The first-order chi connectivity index (χ1) is 7.00. The first-order valence-corrected chi connectivity index (χ1v) is 4.93. The van der Waals surface area contributed by atoms with E-state index in [0.29, 0.717) is 25.2 Å². The minimum Gasteiger partial charge on any atom is -0.388 e. The smallest absolute Gasteiger partial charge is 0.245 e. The predicted molar refractivity (Wildman–Crippen MR) is 58.7 cm³/mol. The Bertz CT molecular complexity index is 299. The standard InChI is InChI=1S/C9H17N5O/c1-5-4-7(12)14-8(5)9(15)13-3-2-6(10)11/h5,8H,2-4H2,1H3,(H3,10,11)(H2,12,14)(H,13,15). The molecule has 0 aromatic carbocycles. The molecule has 15 heavy (non-hydrogen) atoms. The van der Waals surface area contributed by atoms with Gasteiger partial charge < -0.3 is 16.8 Å². The van der Waals surface area contributed by atoms with E-state index < -0.39 is 0 Å². The fourth-order valence-electron chi connectivity index (χ4n) is 1.54. The van der Waals surface area contributed by atoms with Crippen LogP contribution in [0.5, 0.6) is 0 Å². The molecule has 0 aromatic rings. The van der Waals surface area contributed by atoms with Crippen molar-refractivity contribution in [2.24, 2.45) is 22.4 Å². The number of nitrogens with one attached hydrogen (secondary N) is 2. The van der Waals surface area contributed by atoms with Crippen molar-refractivity contribution in [2.45, 2.75) is 25.8 Å². The van der Waals surface area contributed by atoms with Crippen molar-refractivity contribution < 1.29 is 4.79 Å². The number of carbonyl (C=O) groups is 1. The van der Waals surface area contributed by atoms with Gasteiger partial charge in [0, 0.05) is 19.4 Å². The third kappa shape index (κ3) is 3.23. The number of nitrogens with two attached hydrogens (primary N) is 2. The molecule has 1 heterocycles. The van der Waals surface area contributed by atoms with E-state index in [2.05, 4.69) is 10.3 Å². The van der Waals surface area contributed by atoms with E-state index in [1.165, 1.54) is 0 Å². The molecule has 6 nitrogen and oxygen atoms in total. The number of amidine groups is 2. The van der Waals surface area contributed by atoms with E-state index in [4.69, 9.17) is 16.9 Å². The molecule has 2 atom stereocenters. The lowest BCUT2D eigenvalue weighted by molar-refractivity contribution is -0.122. The Balaban J connectivity index is 2.37. The lowest BCUT2D eigenvalue weighted by Gasteiger charge is -2.12. The predicted octanol–water partition coefficient (Wildman–Crippen LogP) is -0.806. The molecule has 1 rings (SSSR count). The average molecular weight is 211 g/mol. The van der Waals surface area contributed by atoms with Crippen LogP contribution in [0.25, 0.3) is 0 Å². The van der Waals surface area contributed by atoms with Gasteiger partial charge in [0.15, 0.2) is 0 Å². The number of rotatable bonds is 4. The zero-order valence-corrected chi connectivity index (χ0v) is 8.79. The molecule has 84 valence electrons. The highest BCUT2D eigenvalue weighted by Gasteiger charge is 2.29. The van der Waals surface area contributed by atoms with Gasteiger partial charge in [0.2, 0.25) is 5.91 Å². The van der Waals surface area contributed by atoms with Crippen LogP contribution in [0.3, 0.4) is 0 Å². The second kappa shape index (κ2) is 4.77. The highest BCUT2D eigenvalue weighted by Crippen LogP contribution is 2.18. The van der Waals surface area contributed by atoms with E-state index in [9.17, 15) is 4.79 Å². The fraction of sp³-hybridized carbons (Fsp3) is 0.667. The van der Waals surface area contributed by atoms with Crippen molar-refractivity contribution in [1.29, 1.82) is 5.41 Å². The van der Waals surface area contributed by atoms with Crippen LogP contribution < -0.4 is 16.8 Å². The van der Waals surface area contributed by atoms with Crippen molar-refractivity contribution >= 4 is 17.6 Å². The molecule has 0 saturated carbocycles. The Morgan fingerprint density at radius 1 is 1.73 bits per heavy atom. The topological polar surface area (TPSA) is 117 Å². The molecule has 0 fully saturated rings. The maximum Gasteiger partial charge on any atom is 0.245 e. The van der Waals surface area contributed by atoms with Crippen LogP contribution in [0.2, 0.25) is 0 Å². The molecule has 1 aliphatic rings. The molecule has 0 spiro atoms. The van der Waals surface area contributed by atoms with Gasteiger partial charge in [-0.15, -0.1) is 0 Å². The number of hydrogen-bond donors (Lipinski definition) is 4. The van der Waals surface area contributed by atoms with Crippen LogP contribution >= 0.6 is 0 Å². The van der Waals surface area contributed by atoms with Crippen LogP contribution in [-0.2, 0) is 4.79 Å². The van der Waals surface area contributed by atoms with Crippen LogP contribution in [0.4, 0.5) is 0 Å². The number of hydrogen-bond acceptors (Lipinski definition) is 4. The summed E-state index contributed by atoms with van der Waals surface area (Å²) in [4.78, 5) is 15.7. The van der Waals surface area contributed by atoms with Crippen molar-refractivity contribution in [3.05, 3.63) is 0 Å². The van der Waals surface area contributed by atoms with Gasteiger partial charge in [-0.2, -0.15) is 0 Å². The summed E-state index contributed by atoms with van der Waals surface area (Å²) >= 11 is 0. The summed E-state index contributed by atoms with van der Waals surface area (Å²) < 4.78 is 0. The van der Waals surface area contributed by atoms with Gasteiger partial charge in [0.05, 0.1) is 11.7 Å². The quantitative estimate of drug-likeness (QED) is 0.360. The third-order valence-corrected chi connectivity index (χ3v) is 2.34. The molecular formula is C9H17N5O. The zero-order valence-electron chi connectivity index (χ0n) is 8.79. The van der Waals surface area contributed by atoms with Gasteiger partial charge in [-0.25, -0.2) is 0 Å². The SMILES string of the molecule is CC1CC(N)=NC1C(=O)NCCC(=N)N. The van der Waals surface area contributed by atoms with E-state index >= 15 is 0 Å². The molecule has 2 unspecified atom stereocenters. The molecule has 6 heteroatoms. The molecule has 1 amide bonds. The first-order valence-electron chi connectivity index (χ1n) is 4.93. The lowest BCUT2D eigenvalue weighted by Crippen LogP contribution is -2.37. The molecule has 0 aliphatic carbocycles. The van der Waals surface area contributed by atoms with E-state index in [-0.39, 0.29) is 23.7 Å². The normalized spacial score (nSPS) is 24.7. The fourth-order valence-corrected chi connectivity index (χ4v) is 1.54. The molecular weight excluding hydrogens is 194 g/mol. The maximum absolute atomic E-state index is 11.6. The first kappa shape index (κ1) is 11.5. The third-order valence-electron chi connectivity index (χ3n) is 2.34. The molecule has 0 bridgehead atoms. The van der Waals surface area contributed by atoms with Gasteiger partial charge in [-0.1, -0.05) is 6.92 Å². The Morgan fingerprint density at radius 3 is 2.87 bits per heavy atom. The highest BCUT2D eigenvalue weighted by molar-refractivity contribution is 5.91. The van der Waals surface area contributed by atoms with E-state index in [0.717, 1.165) is 0 Å². The largest absolute Gasteiger partial charge is 0.388 e. The van der Waals surface area contributed by atoms with Gasteiger partial charge in [0.1, 0.15) is 6.04 Å². The Kier molecular flexibility index (Phi) is 3.65. The number of amides is 1. The number of aliphatic imine (C=N–C) groups is 1. The number of nitrogens with zero attached hydrogens (tertiary/aromatic N) is 1. The number of carbonyl (C=O) groups excluding carboxylic acids is 1. The summed E-state index contributed by atoms with van der Waals surface area (Å²) in [6, 6.07) is -0.378. The molecule has 0 saturated heterocycles. The highest BCUT2D eigenvalue weighted by atomic mass is 16.2. The van der Waals surface area contributed by atoms with E-state index in [1.54, 1.807) is 0 Å². The molecule has 0 aromatic heterocycles. The molecule has 0 radical (unpaired) electrons. The summed E-state index contributed by atoms with van der Waals surface area (Å²) in [6.07, 6.45) is 1.04. The van der Waals surface area contributed by atoms with Gasteiger partial charge in [-0.3, -0.25) is 15.2 Å². The Hall–Kier alpha value is -1.59. The van der Waals surface area contributed by atoms with Gasteiger partial charge in [0.25, 0.3) is 0 Å². The lowest BCUT2D eigenvalue weighted by atomic mass is 10.0. The van der Waals surface area contributed by atoms with Gasteiger partial charge in [-0.05, 0) is 5.92 Å². The van der Waals surface area contributed by atoms with Crippen molar-refractivity contribution in [1.82, 2.24) is 5.32 Å². The van der Waals surface area contributed by atoms with E-state index in [1.807, 2.05) is 6.92 Å². The monoisotopic (exact) mass is 211 g/mol. The summed E-state index contributed by atoms with van der Waals surface area (Å²) in [6.45, 7) is 2.32. The van der Waals surface area contributed by atoms with Crippen LogP contribution in [0, 0.1) is 11.3 Å². The molecule has 1 aliphatic heterocycles. The Morgan fingerprint density at radius 2 is 2.40 bits per heavy atom. The van der Waals surface area contributed by atoms with Crippen LogP contribution in [-0.4, -0.2) is 30.2 Å². The minimum absolute atomic E-state index is 0.0674. The van der Waals surface area contributed by atoms with Crippen molar-refractivity contribution in [3.63, 3.8) is 0 Å². The summed E-state index contributed by atoms with van der Waals surface area (Å²) in [5.41, 5.74) is 10.7. The molecule has 6 N–H and O–H groups in total. The van der Waals surface area contributed by atoms with Crippen molar-refractivity contribution in [2.75, 3.05) is 6.54 Å². The maximum atomic E-state index is 11.6. The summed E-state index contributed by atoms with van der Waals surface area (Å²) in [5.74, 6) is 0.624. The second-order valence-corrected chi connectivity index (χ2v) is 3.81. The van der Waals surface area contributed by atoms with Crippen molar-refractivity contribution in [3.8, 4) is 0 Å². The van der Waals surface area contributed by atoms with Crippen LogP contribution in [0.15, 0.2) is 4.99 Å².